The van der Waals surface area contributed by atoms with Gasteiger partial charge in [-0.15, -0.1) is 0 Å². The van der Waals surface area contributed by atoms with Crippen LogP contribution in [0.1, 0.15) is 22.7 Å². The largest absolute Gasteiger partial charge is 0.482 e. The molecule has 6 nitrogen and oxygen atoms in total. The molecular formula is C24H18N2O4. The fraction of sp³-hybridized carbons (Fsp3) is 0.125. The van der Waals surface area contributed by atoms with Gasteiger partial charge in [0.2, 0.25) is 0 Å². The van der Waals surface area contributed by atoms with Crippen LogP contribution in [0.2, 0.25) is 0 Å². The van der Waals surface area contributed by atoms with Crippen molar-refractivity contribution in [3.05, 3.63) is 90.6 Å². The zero-order chi connectivity index (χ0) is 20.3. The molecule has 5 rings (SSSR count). The first-order chi connectivity index (χ1) is 14.8. The number of carbonyl (C=O) groups is 1. The Bertz CT molecular complexity index is 1170. The van der Waals surface area contributed by atoms with Crippen LogP contribution in [0.15, 0.2) is 83.5 Å². The van der Waals surface area contributed by atoms with E-state index < -0.39 is 6.10 Å². The number of ketones is 1. The van der Waals surface area contributed by atoms with E-state index in [2.05, 4.69) is 9.97 Å². The minimum absolute atomic E-state index is 0.0353. The van der Waals surface area contributed by atoms with E-state index in [-0.39, 0.29) is 11.7 Å². The molecule has 1 unspecified atom stereocenters. The van der Waals surface area contributed by atoms with Gasteiger partial charge in [0.15, 0.2) is 11.9 Å². The molecule has 6 heteroatoms. The summed E-state index contributed by atoms with van der Waals surface area (Å²) in [4.78, 5) is 21.2. The van der Waals surface area contributed by atoms with Crippen molar-refractivity contribution in [2.75, 3.05) is 0 Å². The lowest BCUT2D eigenvalue weighted by Crippen LogP contribution is -2.31. The van der Waals surface area contributed by atoms with Gasteiger partial charge in [-0.25, -0.2) is 4.98 Å². The molecule has 30 heavy (non-hydrogen) atoms. The monoisotopic (exact) mass is 398 g/mol. The van der Waals surface area contributed by atoms with Gasteiger partial charge in [0.1, 0.15) is 22.9 Å². The second kappa shape index (κ2) is 7.83. The van der Waals surface area contributed by atoms with Crippen molar-refractivity contribution < 1.29 is 18.7 Å². The van der Waals surface area contributed by atoms with Crippen molar-refractivity contribution in [2.45, 2.75) is 18.9 Å². The number of nitrogens with zero attached hydrogens (tertiary/aromatic N) is 2. The minimum atomic E-state index is -0.631. The van der Waals surface area contributed by atoms with Crippen molar-refractivity contribution in [3.63, 3.8) is 0 Å². The van der Waals surface area contributed by atoms with E-state index in [4.69, 9.17) is 13.9 Å². The first kappa shape index (κ1) is 18.1. The van der Waals surface area contributed by atoms with Crippen LogP contribution >= 0.6 is 0 Å². The number of Topliss-reactive ketones (excluding diaryl/α,β-unsaturated/α-hetero) is 1. The highest BCUT2D eigenvalue weighted by atomic mass is 16.5. The summed E-state index contributed by atoms with van der Waals surface area (Å²) < 4.78 is 17.5. The van der Waals surface area contributed by atoms with Crippen LogP contribution in [0, 0.1) is 0 Å². The third-order valence-corrected chi connectivity index (χ3v) is 4.88. The summed E-state index contributed by atoms with van der Waals surface area (Å²) in [6, 6.07) is 20.7. The van der Waals surface area contributed by atoms with Crippen LogP contribution in [-0.2, 0) is 6.42 Å². The summed E-state index contributed by atoms with van der Waals surface area (Å²) in [6.45, 7) is 0. The number of ether oxygens (including phenoxy) is 2. The van der Waals surface area contributed by atoms with Gasteiger partial charge >= 0.3 is 0 Å². The molecule has 3 heterocycles. The van der Waals surface area contributed by atoms with Crippen LogP contribution in [0.4, 0.5) is 0 Å². The van der Waals surface area contributed by atoms with Crippen LogP contribution < -0.4 is 9.47 Å². The molecule has 1 aliphatic heterocycles. The van der Waals surface area contributed by atoms with Gasteiger partial charge in [-0.1, -0.05) is 24.3 Å². The summed E-state index contributed by atoms with van der Waals surface area (Å²) in [7, 11) is 0. The Balaban J connectivity index is 1.30. The molecule has 2 aromatic heterocycles. The number of hydrogen-bond acceptors (Lipinski definition) is 6. The Morgan fingerprint density at radius 3 is 2.67 bits per heavy atom. The Morgan fingerprint density at radius 2 is 1.83 bits per heavy atom. The maximum absolute atomic E-state index is 12.8. The number of aryl methyl sites for hydroxylation is 1. The first-order valence-corrected chi connectivity index (χ1v) is 9.70. The quantitative estimate of drug-likeness (QED) is 0.435. The van der Waals surface area contributed by atoms with Gasteiger partial charge in [0.05, 0.1) is 6.20 Å². The number of pyridine rings is 1. The van der Waals surface area contributed by atoms with Gasteiger partial charge in [-0.3, -0.25) is 9.78 Å². The van der Waals surface area contributed by atoms with Crippen LogP contribution in [0.25, 0.3) is 11.5 Å². The van der Waals surface area contributed by atoms with Crippen molar-refractivity contribution in [1.29, 1.82) is 0 Å². The third kappa shape index (κ3) is 3.67. The van der Waals surface area contributed by atoms with E-state index in [1.54, 1.807) is 12.3 Å². The van der Waals surface area contributed by atoms with E-state index in [0.717, 1.165) is 17.1 Å². The first-order valence-electron chi connectivity index (χ1n) is 9.70. The van der Waals surface area contributed by atoms with E-state index in [1.807, 2.05) is 60.7 Å². The summed E-state index contributed by atoms with van der Waals surface area (Å²) in [6.07, 6.45) is 3.79. The fourth-order valence-corrected chi connectivity index (χ4v) is 3.39. The molecule has 0 amide bonds. The second-order valence-corrected chi connectivity index (χ2v) is 6.94. The Kier molecular flexibility index (Phi) is 4.73. The molecule has 148 valence electrons. The van der Waals surface area contributed by atoms with Crippen LogP contribution in [0.5, 0.6) is 17.2 Å². The average molecular weight is 398 g/mol. The van der Waals surface area contributed by atoms with Crippen molar-refractivity contribution in [2.24, 2.45) is 0 Å². The number of aromatic nitrogens is 2. The van der Waals surface area contributed by atoms with Gasteiger partial charge in [-0.05, 0) is 60.9 Å². The number of benzene rings is 2. The number of rotatable bonds is 5. The Labute approximate surface area is 173 Å². The summed E-state index contributed by atoms with van der Waals surface area (Å²) in [5, 5.41) is 0. The molecular weight excluding hydrogens is 380 g/mol. The highest BCUT2D eigenvalue weighted by Crippen LogP contribution is 2.33. The molecule has 1 aliphatic rings. The zero-order valence-corrected chi connectivity index (χ0v) is 16.0. The molecule has 0 bridgehead atoms. The van der Waals surface area contributed by atoms with E-state index in [9.17, 15) is 4.79 Å². The number of hydrogen-bond donors (Lipinski definition) is 0. The summed E-state index contributed by atoms with van der Waals surface area (Å²) >= 11 is 0. The van der Waals surface area contributed by atoms with Crippen molar-refractivity contribution in [1.82, 2.24) is 9.97 Å². The number of fused-ring (bicyclic) bond motifs is 1. The third-order valence-electron chi connectivity index (χ3n) is 4.88. The number of carbonyl (C=O) groups excluding carboxylic acids is 1. The number of para-hydroxylation sites is 1. The molecule has 0 saturated heterocycles. The lowest BCUT2D eigenvalue weighted by molar-refractivity contribution is 0.0720. The molecule has 4 aromatic rings. The van der Waals surface area contributed by atoms with Gasteiger partial charge in [0, 0.05) is 6.20 Å². The summed E-state index contributed by atoms with van der Waals surface area (Å²) in [5.74, 6) is 2.41. The lowest BCUT2D eigenvalue weighted by Gasteiger charge is -2.24. The minimum Gasteiger partial charge on any atom is -0.482 e. The second-order valence-electron chi connectivity index (χ2n) is 6.94. The highest BCUT2D eigenvalue weighted by Gasteiger charge is 2.30. The maximum Gasteiger partial charge on any atom is 0.267 e. The van der Waals surface area contributed by atoms with E-state index in [0.29, 0.717) is 30.0 Å². The molecule has 0 aliphatic carbocycles. The average Bonchev–Trinajstić information content (AvgIpc) is 3.30. The standard InChI is InChI=1S/C24H18N2O4/c27-23(24-26-15-22(30-24)19-8-4-5-13-25-19)21-11-9-16-14-18(10-12-20(16)29-21)28-17-6-2-1-3-7-17/h1-8,10,12-15,21H,9,11H2. The lowest BCUT2D eigenvalue weighted by atomic mass is 9.99. The van der Waals surface area contributed by atoms with E-state index >= 15 is 0 Å². The predicted octanol–water partition coefficient (Wildman–Crippen LogP) is 5.11. The zero-order valence-electron chi connectivity index (χ0n) is 16.0. The normalized spacial score (nSPS) is 15.1. The topological polar surface area (TPSA) is 74.5 Å². The molecule has 1 atom stereocenters. The molecule has 0 fully saturated rings. The van der Waals surface area contributed by atoms with Crippen LogP contribution in [-0.4, -0.2) is 21.9 Å². The SMILES string of the molecule is O=C(c1ncc(-c2ccccn2)o1)C1CCc2cc(Oc3ccccc3)ccc2O1. The summed E-state index contributed by atoms with van der Waals surface area (Å²) in [5.41, 5.74) is 1.64. The fourth-order valence-electron chi connectivity index (χ4n) is 3.39. The van der Waals surface area contributed by atoms with Gasteiger partial charge in [0.25, 0.3) is 11.7 Å². The molecule has 2 aromatic carbocycles. The van der Waals surface area contributed by atoms with Gasteiger partial charge in [-0.2, -0.15) is 0 Å². The van der Waals surface area contributed by atoms with Gasteiger partial charge < -0.3 is 13.9 Å². The van der Waals surface area contributed by atoms with Crippen molar-refractivity contribution in [3.8, 4) is 28.7 Å². The van der Waals surface area contributed by atoms with E-state index in [1.165, 1.54) is 6.20 Å². The molecule has 0 spiro atoms. The van der Waals surface area contributed by atoms with Crippen molar-refractivity contribution >= 4 is 5.78 Å². The smallest absolute Gasteiger partial charge is 0.267 e. The Morgan fingerprint density at radius 1 is 0.967 bits per heavy atom. The molecule has 0 saturated carbocycles. The number of oxazole rings is 1. The molecule has 0 N–H and O–H groups in total. The maximum atomic E-state index is 12.8. The molecule has 0 radical (unpaired) electrons. The predicted molar refractivity (Wildman–Crippen MR) is 110 cm³/mol. The highest BCUT2D eigenvalue weighted by molar-refractivity contribution is 5.96. The van der Waals surface area contributed by atoms with Crippen LogP contribution in [0.3, 0.4) is 0 Å². The Hall–Kier alpha value is -3.93.